The van der Waals surface area contributed by atoms with Crippen LogP contribution in [-0.4, -0.2) is 10.2 Å². The van der Waals surface area contributed by atoms with Crippen molar-refractivity contribution < 1.29 is 10.2 Å². The summed E-state index contributed by atoms with van der Waals surface area (Å²) in [7, 11) is 0. The van der Waals surface area contributed by atoms with Crippen LogP contribution in [0.25, 0.3) is 11.1 Å². The van der Waals surface area contributed by atoms with Gasteiger partial charge in [-0.3, -0.25) is 0 Å². The Hall–Kier alpha value is -1.96. The van der Waals surface area contributed by atoms with Gasteiger partial charge < -0.3 is 10.2 Å². The van der Waals surface area contributed by atoms with Gasteiger partial charge in [0.05, 0.1) is 0 Å². The van der Waals surface area contributed by atoms with E-state index in [1.54, 1.807) is 0 Å². The minimum atomic E-state index is 0.254. The quantitative estimate of drug-likeness (QED) is 0.540. The van der Waals surface area contributed by atoms with Crippen LogP contribution in [0.5, 0.6) is 11.5 Å². The Labute approximate surface area is 170 Å². The molecule has 2 heteroatoms. The molecule has 1 saturated carbocycles. The van der Waals surface area contributed by atoms with Crippen LogP contribution in [0.2, 0.25) is 0 Å². The summed E-state index contributed by atoms with van der Waals surface area (Å²) in [5.74, 6) is 2.75. The molecule has 1 aliphatic rings. The fourth-order valence-electron chi connectivity index (χ4n) is 4.21. The van der Waals surface area contributed by atoms with Crippen LogP contribution >= 0.6 is 0 Å². The fraction of sp³-hybridized carbons (Fsp3) is 0.538. The molecule has 1 atom stereocenters. The molecular formula is C26H36O2. The third-order valence-corrected chi connectivity index (χ3v) is 6.36. The van der Waals surface area contributed by atoms with Gasteiger partial charge in [-0.05, 0) is 100 Å². The minimum absolute atomic E-state index is 0.254. The summed E-state index contributed by atoms with van der Waals surface area (Å²) in [6.45, 7) is 15.0. The molecule has 0 aromatic heterocycles. The molecule has 0 spiro atoms. The summed E-state index contributed by atoms with van der Waals surface area (Å²) in [5, 5.41) is 21.7. The lowest BCUT2D eigenvalue weighted by Gasteiger charge is -2.22. The molecule has 1 unspecified atom stereocenters. The smallest absolute Gasteiger partial charge is 0.122 e. The van der Waals surface area contributed by atoms with Crippen LogP contribution in [0, 0.1) is 5.92 Å². The zero-order chi connectivity index (χ0) is 20.7. The average molecular weight is 381 g/mol. The first-order chi connectivity index (χ1) is 13.1. The first kappa shape index (κ1) is 20.8. The fourth-order valence-corrected chi connectivity index (χ4v) is 4.21. The van der Waals surface area contributed by atoms with Gasteiger partial charge in [0.25, 0.3) is 0 Å². The maximum atomic E-state index is 11.0. The van der Waals surface area contributed by atoms with E-state index >= 15 is 0 Å². The maximum absolute atomic E-state index is 11.0. The molecule has 2 N–H and O–H groups in total. The van der Waals surface area contributed by atoms with E-state index in [0.717, 1.165) is 33.4 Å². The molecule has 1 aliphatic carbocycles. The molecule has 0 amide bonds. The number of phenolic OH excluding ortho intramolecular Hbond substituents is 2. The Bertz CT molecular complexity index is 828. The first-order valence-corrected chi connectivity index (χ1v) is 10.9. The standard InChI is InChI=1S/C26H36O2/c1-14(2)21-10-19(11-22(15(3)4)25(21)27)20-12-23(16(5)6)26(28)24(13-20)17(7)18-8-9-18/h10-18,27-28H,8-9H2,1-7H3. The van der Waals surface area contributed by atoms with Crippen LogP contribution < -0.4 is 0 Å². The Morgan fingerprint density at radius 2 is 0.929 bits per heavy atom. The summed E-state index contributed by atoms with van der Waals surface area (Å²) in [6, 6.07) is 8.59. The normalized spacial score (nSPS) is 15.6. The van der Waals surface area contributed by atoms with Crippen LogP contribution in [-0.2, 0) is 0 Å². The highest BCUT2D eigenvalue weighted by Crippen LogP contribution is 2.48. The number of hydrogen-bond donors (Lipinski definition) is 2. The van der Waals surface area contributed by atoms with Gasteiger partial charge in [-0.2, -0.15) is 0 Å². The maximum Gasteiger partial charge on any atom is 0.122 e. The number of rotatable bonds is 6. The predicted octanol–water partition coefficient (Wildman–Crippen LogP) is 7.65. The third-order valence-electron chi connectivity index (χ3n) is 6.36. The van der Waals surface area contributed by atoms with E-state index in [2.05, 4.69) is 72.7 Å². The molecule has 28 heavy (non-hydrogen) atoms. The number of phenols is 2. The zero-order valence-corrected chi connectivity index (χ0v) is 18.5. The van der Waals surface area contributed by atoms with E-state index in [0.29, 0.717) is 23.3 Å². The number of hydrogen-bond acceptors (Lipinski definition) is 2. The van der Waals surface area contributed by atoms with Crippen molar-refractivity contribution in [1.29, 1.82) is 0 Å². The molecule has 0 saturated heterocycles. The molecule has 1 fully saturated rings. The molecule has 2 aromatic carbocycles. The van der Waals surface area contributed by atoms with E-state index in [1.807, 2.05) is 0 Å². The van der Waals surface area contributed by atoms with Crippen molar-refractivity contribution in [2.24, 2.45) is 5.92 Å². The van der Waals surface area contributed by atoms with E-state index in [4.69, 9.17) is 0 Å². The van der Waals surface area contributed by atoms with Crippen molar-refractivity contribution >= 4 is 0 Å². The zero-order valence-electron chi connectivity index (χ0n) is 18.5. The largest absolute Gasteiger partial charge is 0.507 e. The van der Waals surface area contributed by atoms with Crippen LogP contribution in [0.1, 0.15) is 107 Å². The molecular weight excluding hydrogens is 344 g/mol. The molecule has 0 bridgehead atoms. The lowest BCUT2D eigenvalue weighted by atomic mass is 9.85. The number of benzene rings is 2. The van der Waals surface area contributed by atoms with Crippen molar-refractivity contribution in [2.45, 2.75) is 85.0 Å². The van der Waals surface area contributed by atoms with Gasteiger partial charge in [0.2, 0.25) is 0 Å². The van der Waals surface area contributed by atoms with Gasteiger partial charge in [0.15, 0.2) is 0 Å². The van der Waals surface area contributed by atoms with Gasteiger partial charge in [0.1, 0.15) is 11.5 Å². The highest BCUT2D eigenvalue weighted by atomic mass is 16.3. The second-order valence-corrected chi connectivity index (χ2v) is 9.60. The topological polar surface area (TPSA) is 40.5 Å². The van der Waals surface area contributed by atoms with Crippen molar-refractivity contribution in [3.63, 3.8) is 0 Å². The van der Waals surface area contributed by atoms with Gasteiger partial charge in [0, 0.05) is 0 Å². The van der Waals surface area contributed by atoms with E-state index in [9.17, 15) is 10.2 Å². The Kier molecular flexibility index (Phi) is 5.79. The van der Waals surface area contributed by atoms with Gasteiger partial charge in [-0.1, -0.05) is 48.5 Å². The van der Waals surface area contributed by atoms with Crippen LogP contribution in [0.3, 0.4) is 0 Å². The lowest BCUT2D eigenvalue weighted by Crippen LogP contribution is -2.02. The third kappa shape index (κ3) is 3.92. The van der Waals surface area contributed by atoms with Crippen LogP contribution in [0.4, 0.5) is 0 Å². The molecule has 0 radical (unpaired) electrons. The van der Waals surface area contributed by atoms with E-state index in [-0.39, 0.29) is 17.8 Å². The molecule has 0 heterocycles. The molecule has 152 valence electrons. The van der Waals surface area contributed by atoms with E-state index in [1.165, 1.54) is 12.8 Å². The summed E-state index contributed by atoms with van der Waals surface area (Å²) >= 11 is 0. The summed E-state index contributed by atoms with van der Waals surface area (Å²) in [4.78, 5) is 0. The number of aromatic hydroxyl groups is 2. The molecule has 2 nitrogen and oxygen atoms in total. The first-order valence-electron chi connectivity index (χ1n) is 10.9. The summed E-state index contributed by atoms with van der Waals surface area (Å²) in [6.07, 6.45) is 2.52. The Balaban J connectivity index is 2.22. The summed E-state index contributed by atoms with van der Waals surface area (Å²) < 4.78 is 0. The molecule has 3 rings (SSSR count). The SMILES string of the molecule is CC(C)c1cc(-c2cc(C(C)C)c(O)c(C(C)C3CC3)c2)cc(C(C)C)c1O. The van der Waals surface area contributed by atoms with Crippen LogP contribution in [0.15, 0.2) is 24.3 Å². The van der Waals surface area contributed by atoms with Crippen molar-refractivity contribution in [3.8, 4) is 22.6 Å². The Morgan fingerprint density at radius 1 is 0.607 bits per heavy atom. The minimum Gasteiger partial charge on any atom is -0.507 e. The van der Waals surface area contributed by atoms with Crippen molar-refractivity contribution in [2.75, 3.05) is 0 Å². The molecule has 2 aromatic rings. The lowest BCUT2D eigenvalue weighted by molar-refractivity contribution is 0.448. The van der Waals surface area contributed by atoms with Gasteiger partial charge >= 0.3 is 0 Å². The average Bonchev–Trinajstić information content (AvgIpc) is 3.46. The Morgan fingerprint density at radius 3 is 1.25 bits per heavy atom. The highest BCUT2D eigenvalue weighted by Gasteiger charge is 2.31. The van der Waals surface area contributed by atoms with Crippen molar-refractivity contribution in [3.05, 3.63) is 46.5 Å². The monoisotopic (exact) mass is 380 g/mol. The predicted molar refractivity (Wildman–Crippen MR) is 119 cm³/mol. The summed E-state index contributed by atoms with van der Waals surface area (Å²) in [5.41, 5.74) is 6.37. The van der Waals surface area contributed by atoms with Gasteiger partial charge in [-0.25, -0.2) is 0 Å². The van der Waals surface area contributed by atoms with Crippen molar-refractivity contribution in [1.82, 2.24) is 0 Å². The second-order valence-electron chi connectivity index (χ2n) is 9.60. The van der Waals surface area contributed by atoms with Gasteiger partial charge in [-0.15, -0.1) is 0 Å². The molecule has 0 aliphatic heterocycles. The van der Waals surface area contributed by atoms with E-state index < -0.39 is 0 Å². The second kappa shape index (κ2) is 7.81. The highest BCUT2D eigenvalue weighted by molar-refractivity contribution is 5.71.